The molecule has 0 atom stereocenters. The van der Waals surface area contributed by atoms with Crippen LogP contribution in [0.3, 0.4) is 0 Å². The SMILES string of the molecule is COc1ccc(-c2cnc3ccc(Nc4ccc(C)c(C)c4)nn23)s1. The number of ether oxygens (including phenoxy) is 1. The Labute approximate surface area is 149 Å². The van der Waals surface area contributed by atoms with Crippen LogP contribution in [0.25, 0.3) is 16.2 Å². The second kappa shape index (κ2) is 6.22. The number of hydrogen-bond acceptors (Lipinski definition) is 5. The maximum Gasteiger partial charge on any atom is 0.173 e. The topological polar surface area (TPSA) is 51.5 Å². The summed E-state index contributed by atoms with van der Waals surface area (Å²) >= 11 is 1.58. The average molecular weight is 350 g/mol. The van der Waals surface area contributed by atoms with Crippen molar-refractivity contribution in [2.24, 2.45) is 0 Å². The number of anilines is 2. The molecule has 3 heterocycles. The van der Waals surface area contributed by atoms with Crippen molar-refractivity contribution in [1.82, 2.24) is 14.6 Å². The van der Waals surface area contributed by atoms with Gasteiger partial charge in [0.1, 0.15) is 5.69 Å². The lowest BCUT2D eigenvalue weighted by molar-refractivity contribution is 0.427. The predicted octanol–water partition coefficient (Wildman–Crippen LogP) is 4.83. The van der Waals surface area contributed by atoms with E-state index in [0.717, 1.165) is 32.8 Å². The van der Waals surface area contributed by atoms with Gasteiger partial charge in [0.2, 0.25) is 0 Å². The highest BCUT2D eigenvalue weighted by Crippen LogP contribution is 2.33. The van der Waals surface area contributed by atoms with Crippen LogP contribution in [0.15, 0.2) is 48.7 Å². The van der Waals surface area contributed by atoms with E-state index < -0.39 is 0 Å². The lowest BCUT2D eigenvalue weighted by atomic mass is 10.1. The smallest absolute Gasteiger partial charge is 0.173 e. The van der Waals surface area contributed by atoms with Crippen molar-refractivity contribution < 1.29 is 4.74 Å². The van der Waals surface area contributed by atoms with Crippen molar-refractivity contribution in [2.75, 3.05) is 12.4 Å². The van der Waals surface area contributed by atoms with E-state index >= 15 is 0 Å². The largest absolute Gasteiger partial charge is 0.487 e. The highest BCUT2D eigenvalue weighted by molar-refractivity contribution is 7.17. The summed E-state index contributed by atoms with van der Waals surface area (Å²) in [6.07, 6.45) is 1.84. The van der Waals surface area contributed by atoms with Crippen LogP contribution in [0.5, 0.6) is 5.06 Å². The number of fused-ring (bicyclic) bond motifs is 1. The van der Waals surface area contributed by atoms with Crippen LogP contribution in [0, 0.1) is 13.8 Å². The van der Waals surface area contributed by atoms with Gasteiger partial charge in [-0.1, -0.05) is 17.4 Å². The third kappa shape index (κ3) is 2.96. The highest BCUT2D eigenvalue weighted by Gasteiger charge is 2.11. The molecule has 3 aromatic heterocycles. The third-order valence-corrected chi connectivity index (χ3v) is 5.25. The van der Waals surface area contributed by atoms with Crippen molar-refractivity contribution in [3.63, 3.8) is 0 Å². The summed E-state index contributed by atoms with van der Waals surface area (Å²) in [5, 5.41) is 8.94. The first kappa shape index (κ1) is 15.7. The van der Waals surface area contributed by atoms with Gasteiger partial charge in [0, 0.05) is 5.69 Å². The monoisotopic (exact) mass is 350 g/mol. The summed E-state index contributed by atoms with van der Waals surface area (Å²) in [6.45, 7) is 4.21. The summed E-state index contributed by atoms with van der Waals surface area (Å²) in [7, 11) is 1.67. The van der Waals surface area contributed by atoms with Gasteiger partial charge in [-0.2, -0.15) is 0 Å². The minimum absolute atomic E-state index is 0.776. The van der Waals surface area contributed by atoms with E-state index in [2.05, 4.69) is 42.3 Å². The Morgan fingerprint density at radius 2 is 1.92 bits per heavy atom. The fourth-order valence-corrected chi connectivity index (χ4v) is 3.46. The standard InChI is InChI=1S/C19H18N4OS/c1-12-4-5-14(10-13(12)2)21-17-7-8-18-20-11-15(23(18)22-17)16-6-9-19(24-3)25-16/h4-11H,1-3H3,(H,21,22). The minimum Gasteiger partial charge on any atom is -0.487 e. The fraction of sp³-hybridized carbons (Fsp3) is 0.158. The molecule has 126 valence electrons. The quantitative estimate of drug-likeness (QED) is 0.573. The van der Waals surface area contributed by atoms with Gasteiger partial charge in [-0.15, -0.1) is 5.10 Å². The van der Waals surface area contributed by atoms with E-state index in [1.54, 1.807) is 18.4 Å². The van der Waals surface area contributed by atoms with Gasteiger partial charge in [0.25, 0.3) is 0 Å². The summed E-state index contributed by atoms with van der Waals surface area (Å²) in [5.74, 6) is 0.776. The zero-order valence-corrected chi connectivity index (χ0v) is 15.1. The highest BCUT2D eigenvalue weighted by atomic mass is 32.1. The maximum atomic E-state index is 5.28. The molecule has 0 bridgehead atoms. The van der Waals surface area contributed by atoms with Crippen LogP contribution in [0.1, 0.15) is 11.1 Å². The van der Waals surface area contributed by atoms with Gasteiger partial charge in [-0.3, -0.25) is 0 Å². The van der Waals surface area contributed by atoms with Gasteiger partial charge in [0.05, 0.1) is 18.2 Å². The van der Waals surface area contributed by atoms with Crippen molar-refractivity contribution >= 4 is 28.5 Å². The Morgan fingerprint density at radius 3 is 2.68 bits per heavy atom. The lowest BCUT2D eigenvalue weighted by Gasteiger charge is -2.08. The number of thiophene rings is 1. The zero-order valence-electron chi connectivity index (χ0n) is 14.3. The Bertz CT molecular complexity index is 1050. The number of aromatic nitrogens is 3. The van der Waals surface area contributed by atoms with Gasteiger partial charge < -0.3 is 10.1 Å². The summed E-state index contributed by atoms with van der Waals surface area (Å²) in [4.78, 5) is 5.51. The van der Waals surface area contributed by atoms with E-state index in [1.807, 2.05) is 35.0 Å². The van der Waals surface area contributed by atoms with Gasteiger partial charge in [-0.25, -0.2) is 9.50 Å². The first-order chi connectivity index (χ1) is 12.1. The number of benzene rings is 1. The summed E-state index contributed by atoms with van der Waals surface area (Å²) < 4.78 is 7.14. The molecule has 0 radical (unpaired) electrons. The van der Waals surface area contributed by atoms with Gasteiger partial charge >= 0.3 is 0 Å². The van der Waals surface area contributed by atoms with Crippen molar-refractivity contribution in [1.29, 1.82) is 0 Å². The first-order valence-corrected chi connectivity index (χ1v) is 8.79. The molecule has 1 N–H and O–H groups in total. The van der Waals surface area contributed by atoms with Crippen molar-refractivity contribution in [2.45, 2.75) is 13.8 Å². The molecule has 0 fully saturated rings. The molecule has 0 aliphatic carbocycles. The molecule has 0 amide bonds. The Morgan fingerprint density at radius 1 is 1.04 bits per heavy atom. The van der Waals surface area contributed by atoms with Crippen LogP contribution in [-0.4, -0.2) is 21.7 Å². The van der Waals surface area contributed by atoms with E-state index in [9.17, 15) is 0 Å². The molecule has 0 aliphatic rings. The Hall–Kier alpha value is -2.86. The first-order valence-electron chi connectivity index (χ1n) is 7.97. The number of hydrogen-bond donors (Lipinski definition) is 1. The third-order valence-electron chi connectivity index (χ3n) is 4.18. The maximum absolute atomic E-state index is 5.28. The summed E-state index contributed by atoms with van der Waals surface area (Å²) in [5.41, 5.74) is 5.31. The van der Waals surface area contributed by atoms with Gasteiger partial charge in [-0.05, 0) is 61.4 Å². The van der Waals surface area contributed by atoms with Crippen LogP contribution in [0.4, 0.5) is 11.5 Å². The molecular weight excluding hydrogens is 332 g/mol. The van der Waals surface area contributed by atoms with E-state index in [-0.39, 0.29) is 0 Å². The number of rotatable bonds is 4. The number of nitrogens with one attached hydrogen (secondary N) is 1. The summed E-state index contributed by atoms with van der Waals surface area (Å²) in [6, 6.07) is 14.2. The molecule has 0 spiro atoms. The molecule has 25 heavy (non-hydrogen) atoms. The molecule has 1 aromatic carbocycles. The molecule has 0 aliphatic heterocycles. The number of nitrogens with zero attached hydrogens (tertiary/aromatic N) is 3. The van der Waals surface area contributed by atoms with Crippen molar-refractivity contribution in [3.8, 4) is 15.6 Å². The Balaban J connectivity index is 1.71. The van der Waals surface area contributed by atoms with Crippen molar-refractivity contribution in [3.05, 3.63) is 59.8 Å². The predicted molar refractivity (Wildman–Crippen MR) is 102 cm³/mol. The molecule has 5 nitrogen and oxygen atoms in total. The fourth-order valence-electron chi connectivity index (χ4n) is 2.64. The Kier molecular flexibility index (Phi) is 3.89. The number of aryl methyl sites for hydroxylation is 2. The second-order valence-corrected chi connectivity index (χ2v) is 6.93. The molecule has 4 aromatic rings. The zero-order chi connectivity index (χ0) is 17.4. The van der Waals surface area contributed by atoms with E-state index in [1.165, 1.54) is 11.1 Å². The van der Waals surface area contributed by atoms with Crippen LogP contribution >= 0.6 is 11.3 Å². The van der Waals surface area contributed by atoms with E-state index in [4.69, 9.17) is 9.84 Å². The number of imidazole rings is 1. The van der Waals surface area contributed by atoms with Gasteiger partial charge in [0.15, 0.2) is 16.5 Å². The normalized spacial score (nSPS) is 11.0. The van der Waals surface area contributed by atoms with Crippen LogP contribution < -0.4 is 10.1 Å². The minimum atomic E-state index is 0.776. The molecule has 0 saturated heterocycles. The van der Waals surface area contributed by atoms with E-state index in [0.29, 0.717) is 0 Å². The van der Waals surface area contributed by atoms with Crippen LogP contribution in [-0.2, 0) is 0 Å². The second-order valence-electron chi connectivity index (χ2n) is 5.88. The molecule has 0 unspecified atom stereocenters. The molecule has 6 heteroatoms. The molecular formula is C19H18N4OS. The van der Waals surface area contributed by atoms with Crippen LogP contribution in [0.2, 0.25) is 0 Å². The molecule has 0 saturated carbocycles. The lowest BCUT2D eigenvalue weighted by Crippen LogP contribution is -2.00. The average Bonchev–Trinajstić information content (AvgIpc) is 3.24. The number of methoxy groups -OCH3 is 1. The molecule has 4 rings (SSSR count).